The molecule has 0 spiro atoms. The van der Waals surface area contributed by atoms with Crippen LogP contribution in [0.2, 0.25) is 5.02 Å². The summed E-state index contributed by atoms with van der Waals surface area (Å²) in [6.07, 6.45) is 6.80. The van der Waals surface area contributed by atoms with E-state index in [1.165, 1.54) is 24.5 Å². The molecule has 0 radical (unpaired) electrons. The Balaban J connectivity index is 1.36. The number of rotatable bonds is 9. The van der Waals surface area contributed by atoms with Gasteiger partial charge in [-0.25, -0.2) is 14.4 Å². The minimum atomic E-state index is -0.572. The third-order valence-corrected chi connectivity index (χ3v) is 6.62. The number of amides is 1. The number of cyclic esters (lactones) is 1. The van der Waals surface area contributed by atoms with Crippen molar-refractivity contribution in [2.75, 3.05) is 36.9 Å². The first kappa shape index (κ1) is 26.8. The van der Waals surface area contributed by atoms with Crippen molar-refractivity contribution < 1.29 is 23.5 Å². The molecule has 2 aromatic carbocycles. The zero-order valence-corrected chi connectivity index (χ0v) is 22.4. The van der Waals surface area contributed by atoms with Crippen LogP contribution in [0.25, 0.3) is 10.9 Å². The maximum atomic E-state index is 13.6. The third-order valence-electron chi connectivity index (χ3n) is 6.33. The van der Waals surface area contributed by atoms with Crippen LogP contribution in [0.5, 0.6) is 5.75 Å². The van der Waals surface area contributed by atoms with Gasteiger partial charge in [-0.2, -0.15) is 0 Å². The van der Waals surface area contributed by atoms with Gasteiger partial charge in [-0.3, -0.25) is 14.5 Å². The van der Waals surface area contributed by atoms with E-state index in [2.05, 4.69) is 20.6 Å². The summed E-state index contributed by atoms with van der Waals surface area (Å²) in [5.74, 6) is 0.325. The second-order valence-electron chi connectivity index (χ2n) is 10.4. The molecular weight excluding hydrogens is 525 g/mol. The van der Waals surface area contributed by atoms with Crippen LogP contribution in [0.4, 0.5) is 21.6 Å². The lowest BCUT2D eigenvalue weighted by Crippen LogP contribution is -2.50. The topological polar surface area (TPSA) is 106 Å². The molecule has 39 heavy (non-hydrogen) atoms. The number of esters is 1. The predicted molar refractivity (Wildman–Crippen MR) is 147 cm³/mol. The first-order chi connectivity index (χ1) is 18.6. The molecule has 1 amide bonds. The molecule has 11 heteroatoms. The molecule has 0 atom stereocenters. The van der Waals surface area contributed by atoms with E-state index in [9.17, 15) is 14.0 Å². The van der Waals surface area contributed by atoms with Crippen LogP contribution in [0.3, 0.4) is 0 Å². The van der Waals surface area contributed by atoms with Gasteiger partial charge in [0, 0.05) is 36.3 Å². The van der Waals surface area contributed by atoms with Gasteiger partial charge in [0.1, 0.15) is 29.3 Å². The minimum Gasteiger partial charge on any atom is -0.491 e. The Morgan fingerprint density at radius 3 is 2.85 bits per heavy atom. The van der Waals surface area contributed by atoms with E-state index in [1.54, 1.807) is 24.3 Å². The van der Waals surface area contributed by atoms with E-state index in [4.69, 9.17) is 21.1 Å². The summed E-state index contributed by atoms with van der Waals surface area (Å²) in [6.45, 7) is 5.44. The Morgan fingerprint density at radius 1 is 1.28 bits per heavy atom. The molecule has 1 saturated heterocycles. The number of fused-ring (bicyclic) bond motifs is 1. The number of carbonyl (C=O) groups excluding carboxylic acids is 2. The molecule has 3 aromatic rings. The van der Waals surface area contributed by atoms with Crippen molar-refractivity contribution in [1.82, 2.24) is 14.9 Å². The van der Waals surface area contributed by atoms with E-state index in [-0.39, 0.29) is 23.4 Å². The van der Waals surface area contributed by atoms with Crippen LogP contribution in [0.1, 0.15) is 26.7 Å². The van der Waals surface area contributed by atoms with Crippen LogP contribution in [0, 0.1) is 11.7 Å². The Labute approximate surface area is 230 Å². The number of aromatic nitrogens is 2. The fourth-order valence-electron chi connectivity index (χ4n) is 4.37. The number of ether oxygens (including phenoxy) is 2. The first-order valence-electron chi connectivity index (χ1n) is 12.7. The van der Waals surface area contributed by atoms with Crippen LogP contribution < -0.4 is 15.4 Å². The molecule has 1 aliphatic carbocycles. The average Bonchev–Trinajstić information content (AvgIpc) is 3.69. The number of nitrogens with one attached hydrogen (secondary N) is 2. The second-order valence-corrected chi connectivity index (χ2v) is 10.8. The Bertz CT molecular complexity index is 1440. The molecule has 2 heterocycles. The molecule has 1 aliphatic heterocycles. The monoisotopic (exact) mass is 553 g/mol. The minimum absolute atomic E-state index is 0.0149. The molecular formula is C28H29ClFN5O4. The van der Waals surface area contributed by atoms with Crippen molar-refractivity contribution in [3.63, 3.8) is 0 Å². The molecule has 2 fully saturated rings. The normalized spacial score (nSPS) is 17.3. The van der Waals surface area contributed by atoms with Crippen molar-refractivity contribution in [3.05, 3.63) is 59.7 Å². The van der Waals surface area contributed by atoms with Crippen LogP contribution >= 0.6 is 11.6 Å². The number of benzene rings is 2. The maximum Gasteiger partial charge on any atom is 0.320 e. The SMILES string of the molecule is CC1(C)CN(C/C=C/C(=O)Nc2cc3c(Nc4ccc(F)c(Cl)c4)ncnc3cc2OCC2CC2)CC(=O)O1. The highest BCUT2D eigenvalue weighted by Gasteiger charge is 2.32. The highest BCUT2D eigenvalue weighted by atomic mass is 35.5. The van der Waals surface area contributed by atoms with Crippen molar-refractivity contribution in [2.45, 2.75) is 32.3 Å². The lowest BCUT2D eigenvalue weighted by Gasteiger charge is -2.36. The fourth-order valence-corrected chi connectivity index (χ4v) is 4.55. The zero-order chi connectivity index (χ0) is 27.6. The number of hydrogen-bond acceptors (Lipinski definition) is 8. The van der Waals surface area contributed by atoms with E-state index in [0.29, 0.717) is 59.5 Å². The average molecular weight is 554 g/mol. The van der Waals surface area contributed by atoms with Crippen LogP contribution in [-0.4, -0.2) is 58.6 Å². The number of nitrogens with zero attached hydrogens (tertiary/aromatic N) is 3. The van der Waals surface area contributed by atoms with E-state index < -0.39 is 11.4 Å². The summed E-state index contributed by atoms with van der Waals surface area (Å²) in [5, 5.41) is 6.66. The number of halogens is 2. The number of anilines is 3. The zero-order valence-electron chi connectivity index (χ0n) is 21.7. The summed E-state index contributed by atoms with van der Waals surface area (Å²) in [5.41, 5.74) is 1.06. The molecule has 204 valence electrons. The fraction of sp³-hybridized carbons (Fsp3) is 0.357. The van der Waals surface area contributed by atoms with E-state index in [1.807, 2.05) is 18.7 Å². The maximum absolute atomic E-state index is 13.6. The van der Waals surface area contributed by atoms with Gasteiger partial charge in [-0.05, 0) is 56.9 Å². The Hall–Kier alpha value is -3.76. The molecule has 2 aliphatic rings. The summed E-state index contributed by atoms with van der Waals surface area (Å²) in [6, 6.07) is 7.81. The number of morpholine rings is 1. The molecule has 9 nitrogen and oxygen atoms in total. The lowest BCUT2D eigenvalue weighted by molar-refractivity contribution is -0.168. The predicted octanol–water partition coefficient (Wildman–Crippen LogP) is 5.09. The summed E-state index contributed by atoms with van der Waals surface area (Å²) in [4.78, 5) is 35.3. The summed E-state index contributed by atoms with van der Waals surface area (Å²) >= 11 is 5.94. The third kappa shape index (κ3) is 7.01. The van der Waals surface area contributed by atoms with Crippen molar-refractivity contribution in [3.8, 4) is 5.75 Å². The van der Waals surface area contributed by atoms with E-state index >= 15 is 0 Å². The van der Waals surface area contributed by atoms with Gasteiger partial charge < -0.3 is 20.1 Å². The summed E-state index contributed by atoms with van der Waals surface area (Å²) < 4.78 is 25.0. The molecule has 5 rings (SSSR count). The van der Waals surface area contributed by atoms with Gasteiger partial charge in [0.15, 0.2) is 0 Å². The Morgan fingerprint density at radius 2 is 2.10 bits per heavy atom. The summed E-state index contributed by atoms with van der Waals surface area (Å²) in [7, 11) is 0. The molecule has 1 saturated carbocycles. The molecule has 1 aromatic heterocycles. The van der Waals surface area contributed by atoms with E-state index in [0.717, 1.165) is 12.8 Å². The van der Waals surface area contributed by atoms with Gasteiger partial charge in [0.2, 0.25) is 5.91 Å². The number of carbonyl (C=O) groups is 2. The quantitative estimate of drug-likeness (QED) is 0.279. The van der Waals surface area contributed by atoms with Crippen molar-refractivity contribution >= 4 is 51.6 Å². The Kier molecular flexibility index (Phi) is 7.67. The largest absolute Gasteiger partial charge is 0.491 e. The van der Waals surface area contributed by atoms with Gasteiger partial charge >= 0.3 is 5.97 Å². The van der Waals surface area contributed by atoms with Crippen molar-refractivity contribution in [1.29, 1.82) is 0 Å². The van der Waals surface area contributed by atoms with Crippen molar-refractivity contribution in [2.24, 2.45) is 5.92 Å². The number of hydrogen-bond donors (Lipinski definition) is 2. The molecule has 2 N–H and O–H groups in total. The highest BCUT2D eigenvalue weighted by Crippen LogP contribution is 2.36. The first-order valence-corrected chi connectivity index (χ1v) is 13.1. The smallest absolute Gasteiger partial charge is 0.320 e. The second kappa shape index (κ2) is 11.2. The van der Waals surface area contributed by atoms with Gasteiger partial charge in [-0.1, -0.05) is 17.7 Å². The molecule has 0 bridgehead atoms. The van der Waals surface area contributed by atoms with Gasteiger partial charge in [0.25, 0.3) is 0 Å². The van der Waals surface area contributed by atoms with Crippen LogP contribution in [-0.2, 0) is 14.3 Å². The molecule has 0 unspecified atom stereocenters. The lowest BCUT2D eigenvalue weighted by atomic mass is 10.1. The standard InChI is InChI=1S/C28H29ClFN5O4/c1-28(2)15-35(13-26(37)39-28)9-3-4-25(36)34-23-11-19-22(12-24(23)38-14-17-5-6-17)31-16-32-27(19)33-18-7-8-21(30)20(29)10-18/h3-4,7-8,10-12,16-17H,5-6,9,13-15H2,1-2H3,(H,34,36)(H,31,32,33)/b4-3+. The van der Waals surface area contributed by atoms with Gasteiger partial charge in [-0.15, -0.1) is 0 Å². The van der Waals surface area contributed by atoms with Gasteiger partial charge in [0.05, 0.1) is 29.4 Å². The van der Waals surface area contributed by atoms with Crippen LogP contribution in [0.15, 0.2) is 48.8 Å². The highest BCUT2D eigenvalue weighted by molar-refractivity contribution is 6.31.